The van der Waals surface area contributed by atoms with Crippen LogP contribution in [0.5, 0.6) is 5.75 Å². The molecule has 0 aliphatic heterocycles. The first-order valence-corrected chi connectivity index (χ1v) is 5.64. The van der Waals surface area contributed by atoms with E-state index in [1.165, 1.54) is 0 Å². The van der Waals surface area contributed by atoms with Crippen molar-refractivity contribution in [2.45, 2.75) is 13.0 Å². The van der Waals surface area contributed by atoms with Crippen LogP contribution in [0.1, 0.15) is 17.4 Å². The van der Waals surface area contributed by atoms with Gasteiger partial charge in [-0.15, -0.1) is 0 Å². The predicted octanol–water partition coefficient (Wildman–Crippen LogP) is 2.47. The summed E-state index contributed by atoms with van der Waals surface area (Å²) in [5, 5.41) is 0. The molecule has 2 rings (SSSR count). The third-order valence-corrected chi connectivity index (χ3v) is 2.59. The van der Waals surface area contributed by atoms with Crippen molar-refractivity contribution in [3.8, 4) is 5.75 Å². The molecule has 2 N–H and O–H groups in total. The van der Waals surface area contributed by atoms with E-state index in [2.05, 4.69) is 4.98 Å². The molecule has 88 valence electrons. The van der Waals surface area contributed by atoms with Gasteiger partial charge in [0.25, 0.3) is 0 Å². The second-order valence-corrected chi connectivity index (χ2v) is 3.86. The van der Waals surface area contributed by atoms with Crippen molar-refractivity contribution in [2.75, 3.05) is 6.54 Å². The van der Waals surface area contributed by atoms with Crippen LogP contribution in [0.2, 0.25) is 0 Å². The van der Waals surface area contributed by atoms with E-state index in [4.69, 9.17) is 10.5 Å². The summed E-state index contributed by atoms with van der Waals surface area (Å²) in [4.78, 5) is 4.27. The first-order chi connectivity index (χ1) is 8.31. The Labute approximate surface area is 101 Å². The Bertz CT molecular complexity index is 471. The van der Waals surface area contributed by atoms with E-state index in [1.807, 2.05) is 49.4 Å². The highest BCUT2D eigenvalue weighted by atomic mass is 16.5. The topological polar surface area (TPSA) is 48.1 Å². The molecule has 3 nitrogen and oxygen atoms in total. The fourth-order valence-electron chi connectivity index (χ4n) is 1.64. The van der Waals surface area contributed by atoms with Crippen LogP contribution in [0.25, 0.3) is 0 Å². The maximum Gasteiger partial charge on any atom is 0.153 e. The van der Waals surface area contributed by atoms with Crippen molar-refractivity contribution in [3.63, 3.8) is 0 Å². The molecule has 2 aromatic rings. The second-order valence-electron chi connectivity index (χ2n) is 3.86. The average Bonchev–Trinajstić information content (AvgIpc) is 2.39. The van der Waals surface area contributed by atoms with Crippen molar-refractivity contribution >= 4 is 0 Å². The molecule has 0 saturated heterocycles. The van der Waals surface area contributed by atoms with E-state index in [0.717, 1.165) is 17.0 Å². The average molecular weight is 228 g/mol. The summed E-state index contributed by atoms with van der Waals surface area (Å²) >= 11 is 0. The minimum absolute atomic E-state index is 0.197. The predicted molar refractivity (Wildman–Crippen MR) is 67.8 cm³/mol. The van der Waals surface area contributed by atoms with Crippen molar-refractivity contribution < 1.29 is 4.74 Å². The van der Waals surface area contributed by atoms with E-state index >= 15 is 0 Å². The van der Waals surface area contributed by atoms with Crippen molar-refractivity contribution in [1.82, 2.24) is 4.98 Å². The zero-order valence-corrected chi connectivity index (χ0v) is 9.84. The zero-order chi connectivity index (χ0) is 12.1. The number of ether oxygens (including phenoxy) is 1. The van der Waals surface area contributed by atoms with Gasteiger partial charge in [-0.05, 0) is 30.7 Å². The first-order valence-electron chi connectivity index (χ1n) is 5.64. The molecule has 0 spiro atoms. The number of nitrogens with zero attached hydrogens (tertiary/aromatic N) is 1. The third-order valence-electron chi connectivity index (χ3n) is 2.59. The van der Waals surface area contributed by atoms with Crippen LogP contribution in [0.4, 0.5) is 0 Å². The lowest BCUT2D eigenvalue weighted by Gasteiger charge is -2.18. The van der Waals surface area contributed by atoms with Crippen LogP contribution in [-0.2, 0) is 0 Å². The highest BCUT2D eigenvalue weighted by Crippen LogP contribution is 2.23. The quantitative estimate of drug-likeness (QED) is 0.874. The van der Waals surface area contributed by atoms with Crippen molar-refractivity contribution in [3.05, 3.63) is 59.9 Å². The van der Waals surface area contributed by atoms with Gasteiger partial charge in [0.1, 0.15) is 5.75 Å². The minimum atomic E-state index is -0.197. The van der Waals surface area contributed by atoms with Gasteiger partial charge in [-0.2, -0.15) is 0 Å². The van der Waals surface area contributed by atoms with Gasteiger partial charge >= 0.3 is 0 Å². The van der Waals surface area contributed by atoms with Crippen LogP contribution in [0, 0.1) is 6.92 Å². The van der Waals surface area contributed by atoms with E-state index in [-0.39, 0.29) is 6.10 Å². The molecule has 0 aliphatic rings. The molecule has 1 aromatic heterocycles. The van der Waals surface area contributed by atoms with E-state index < -0.39 is 0 Å². The summed E-state index contributed by atoms with van der Waals surface area (Å²) < 4.78 is 5.89. The maximum absolute atomic E-state index is 5.89. The lowest BCUT2D eigenvalue weighted by atomic mass is 10.2. The van der Waals surface area contributed by atoms with Crippen LogP contribution < -0.4 is 10.5 Å². The molecule has 3 heteroatoms. The number of para-hydroxylation sites is 1. The number of aryl methyl sites for hydroxylation is 1. The van der Waals surface area contributed by atoms with Gasteiger partial charge in [0, 0.05) is 12.7 Å². The normalized spacial score (nSPS) is 12.1. The van der Waals surface area contributed by atoms with Crippen LogP contribution in [-0.4, -0.2) is 11.5 Å². The van der Waals surface area contributed by atoms with Gasteiger partial charge in [0.05, 0.1) is 5.69 Å². The van der Waals surface area contributed by atoms with Gasteiger partial charge in [-0.1, -0.05) is 24.3 Å². The Morgan fingerprint density at radius 2 is 1.94 bits per heavy atom. The maximum atomic E-state index is 5.89. The number of aromatic nitrogens is 1. The summed E-state index contributed by atoms with van der Waals surface area (Å²) in [7, 11) is 0. The summed E-state index contributed by atoms with van der Waals surface area (Å²) in [5.41, 5.74) is 7.70. The van der Waals surface area contributed by atoms with E-state index in [9.17, 15) is 0 Å². The van der Waals surface area contributed by atoms with Gasteiger partial charge in [-0.3, -0.25) is 4.98 Å². The third kappa shape index (κ3) is 2.82. The lowest BCUT2D eigenvalue weighted by Crippen LogP contribution is -2.19. The molecule has 0 fully saturated rings. The zero-order valence-electron chi connectivity index (χ0n) is 9.84. The van der Waals surface area contributed by atoms with Gasteiger partial charge in [0.2, 0.25) is 0 Å². The highest BCUT2D eigenvalue weighted by molar-refractivity contribution is 5.32. The summed E-state index contributed by atoms with van der Waals surface area (Å²) in [6.45, 7) is 2.42. The van der Waals surface area contributed by atoms with Gasteiger partial charge < -0.3 is 10.5 Å². The minimum Gasteiger partial charge on any atom is -0.483 e. The molecular weight excluding hydrogens is 212 g/mol. The monoisotopic (exact) mass is 228 g/mol. The Balaban J connectivity index is 2.19. The number of pyridine rings is 1. The lowest BCUT2D eigenvalue weighted by molar-refractivity contribution is 0.208. The summed E-state index contributed by atoms with van der Waals surface area (Å²) in [6.07, 6.45) is 1.55. The molecule has 0 amide bonds. The van der Waals surface area contributed by atoms with Crippen molar-refractivity contribution in [2.24, 2.45) is 5.73 Å². The molecule has 1 atom stereocenters. The number of nitrogens with two attached hydrogens (primary N) is 1. The number of benzene rings is 1. The molecule has 0 saturated carbocycles. The Kier molecular flexibility index (Phi) is 3.73. The van der Waals surface area contributed by atoms with Gasteiger partial charge in [-0.25, -0.2) is 0 Å². The number of hydrogen-bond donors (Lipinski definition) is 1. The molecular formula is C14H16N2O. The molecule has 0 aliphatic carbocycles. The summed E-state index contributed by atoms with van der Waals surface area (Å²) in [5.74, 6) is 0.855. The van der Waals surface area contributed by atoms with Crippen LogP contribution >= 0.6 is 0 Å². The fourth-order valence-corrected chi connectivity index (χ4v) is 1.64. The smallest absolute Gasteiger partial charge is 0.153 e. The Hall–Kier alpha value is -1.87. The van der Waals surface area contributed by atoms with E-state index in [0.29, 0.717) is 6.54 Å². The molecule has 1 heterocycles. The largest absolute Gasteiger partial charge is 0.483 e. The highest BCUT2D eigenvalue weighted by Gasteiger charge is 2.13. The van der Waals surface area contributed by atoms with E-state index in [1.54, 1.807) is 6.20 Å². The van der Waals surface area contributed by atoms with Gasteiger partial charge in [0.15, 0.2) is 6.10 Å². The first kappa shape index (κ1) is 11.6. The SMILES string of the molecule is Cc1ccccc1OC(CN)c1ccccn1. The van der Waals surface area contributed by atoms with Crippen molar-refractivity contribution in [1.29, 1.82) is 0 Å². The second kappa shape index (κ2) is 5.46. The fraction of sp³-hybridized carbons (Fsp3) is 0.214. The Morgan fingerprint density at radius 3 is 2.59 bits per heavy atom. The van der Waals surface area contributed by atoms with Crippen LogP contribution in [0.15, 0.2) is 48.7 Å². The summed E-state index contributed by atoms with van der Waals surface area (Å²) in [6, 6.07) is 13.6. The Morgan fingerprint density at radius 1 is 1.18 bits per heavy atom. The molecule has 1 unspecified atom stereocenters. The standard InChI is InChI=1S/C14H16N2O/c1-11-6-2-3-8-13(11)17-14(10-15)12-7-4-5-9-16-12/h2-9,14H,10,15H2,1H3. The molecule has 17 heavy (non-hydrogen) atoms. The number of hydrogen-bond acceptors (Lipinski definition) is 3. The molecule has 0 bridgehead atoms. The van der Waals surface area contributed by atoms with Crippen LogP contribution in [0.3, 0.4) is 0 Å². The molecule has 0 radical (unpaired) electrons. The number of rotatable bonds is 4. The molecule has 1 aromatic carbocycles.